The third-order valence-electron chi connectivity index (χ3n) is 1.94. The number of nitrogens with one attached hydrogen (secondary N) is 1. The molecule has 0 saturated heterocycles. The third-order valence-corrected chi connectivity index (χ3v) is 2.81. The second-order valence-electron chi connectivity index (χ2n) is 3.15. The number of anilines is 1. The van der Waals surface area contributed by atoms with Crippen LogP contribution >= 0.6 is 11.3 Å². The molecule has 0 aliphatic heterocycles. The van der Waals surface area contributed by atoms with Crippen LogP contribution < -0.4 is 5.32 Å². The molecule has 0 aromatic carbocycles. The summed E-state index contributed by atoms with van der Waals surface area (Å²) in [6, 6.07) is 8.24. The van der Waals surface area contributed by atoms with Gasteiger partial charge in [-0.25, -0.2) is 4.98 Å². The number of nitrogens with zero attached hydrogens (tertiary/aromatic N) is 1. The van der Waals surface area contributed by atoms with Gasteiger partial charge in [0.05, 0.1) is 6.54 Å². The van der Waals surface area contributed by atoms with Crippen molar-refractivity contribution in [3.05, 3.63) is 46.3 Å². The van der Waals surface area contributed by atoms with E-state index in [0.717, 1.165) is 12.4 Å². The molecule has 3 heteroatoms. The Balaban J connectivity index is 1.95. The Hall–Kier alpha value is -1.35. The monoisotopic (exact) mass is 204 g/mol. The molecule has 72 valence electrons. The summed E-state index contributed by atoms with van der Waals surface area (Å²) < 4.78 is 0. The smallest absolute Gasteiger partial charge is 0.126 e. The minimum Gasteiger partial charge on any atom is -0.365 e. The lowest BCUT2D eigenvalue weighted by Gasteiger charge is -2.03. The first-order chi connectivity index (χ1) is 6.84. The lowest BCUT2D eigenvalue weighted by Crippen LogP contribution is -1.99. The predicted molar refractivity (Wildman–Crippen MR) is 60.6 cm³/mol. The van der Waals surface area contributed by atoms with Crippen molar-refractivity contribution in [3.8, 4) is 0 Å². The maximum atomic E-state index is 4.27. The van der Waals surface area contributed by atoms with Gasteiger partial charge in [-0.15, -0.1) is 11.3 Å². The summed E-state index contributed by atoms with van der Waals surface area (Å²) in [6.45, 7) is 2.89. The Bertz CT molecular complexity index is 378. The van der Waals surface area contributed by atoms with Gasteiger partial charge in [-0.1, -0.05) is 12.1 Å². The highest BCUT2D eigenvalue weighted by Crippen LogP contribution is 2.11. The fourth-order valence-corrected chi connectivity index (χ4v) is 1.81. The minimum absolute atomic E-state index is 0.855. The molecule has 0 aliphatic carbocycles. The summed E-state index contributed by atoms with van der Waals surface area (Å²) >= 11 is 1.76. The van der Waals surface area contributed by atoms with E-state index in [1.807, 2.05) is 19.2 Å². The van der Waals surface area contributed by atoms with Crippen LogP contribution in [0.5, 0.6) is 0 Å². The average molecular weight is 204 g/mol. The molecular formula is C11H12N2S. The van der Waals surface area contributed by atoms with Crippen LogP contribution in [0, 0.1) is 6.92 Å². The van der Waals surface area contributed by atoms with Crippen molar-refractivity contribution in [2.24, 2.45) is 0 Å². The highest BCUT2D eigenvalue weighted by molar-refractivity contribution is 7.09. The Morgan fingerprint density at radius 1 is 1.36 bits per heavy atom. The molecule has 0 amide bonds. The van der Waals surface area contributed by atoms with E-state index in [1.54, 1.807) is 11.3 Å². The lowest BCUT2D eigenvalue weighted by molar-refractivity contribution is 1.13. The molecule has 0 unspecified atom stereocenters. The van der Waals surface area contributed by atoms with E-state index < -0.39 is 0 Å². The van der Waals surface area contributed by atoms with Crippen molar-refractivity contribution in [1.82, 2.24) is 4.98 Å². The summed E-state index contributed by atoms with van der Waals surface area (Å²) in [6.07, 6.45) is 1.87. The van der Waals surface area contributed by atoms with E-state index in [1.165, 1.54) is 10.4 Å². The summed E-state index contributed by atoms with van der Waals surface area (Å²) in [5.41, 5.74) is 1.19. The number of pyridine rings is 1. The summed E-state index contributed by atoms with van der Waals surface area (Å²) in [4.78, 5) is 5.60. The molecule has 0 spiro atoms. The van der Waals surface area contributed by atoms with Crippen LogP contribution in [0.25, 0.3) is 0 Å². The first-order valence-electron chi connectivity index (χ1n) is 4.53. The Morgan fingerprint density at radius 3 is 2.93 bits per heavy atom. The number of hydrogen-bond acceptors (Lipinski definition) is 3. The Kier molecular flexibility index (Phi) is 2.79. The number of hydrogen-bond donors (Lipinski definition) is 1. The molecule has 14 heavy (non-hydrogen) atoms. The van der Waals surface area contributed by atoms with Crippen LogP contribution in [0.2, 0.25) is 0 Å². The van der Waals surface area contributed by atoms with Gasteiger partial charge in [0, 0.05) is 11.1 Å². The van der Waals surface area contributed by atoms with E-state index in [2.05, 4.69) is 33.9 Å². The standard InChI is InChI=1S/C11H12N2S/c1-9-4-5-11(12-7-9)13-8-10-3-2-6-14-10/h2-7H,8H2,1H3,(H,12,13). The van der Waals surface area contributed by atoms with E-state index in [-0.39, 0.29) is 0 Å². The van der Waals surface area contributed by atoms with Crippen molar-refractivity contribution in [2.75, 3.05) is 5.32 Å². The minimum atomic E-state index is 0.855. The van der Waals surface area contributed by atoms with Gasteiger partial charge in [0.25, 0.3) is 0 Å². The zero-order chi connectivity index (χ0) is 9.80. The van der Waals surface area contributed by atoms with Crippen molar-refractivity contribution >= 4 is 17.2 Å². The van der Waals surface area contributed by atoms with Gasteiger partial charge < -0.3 is 5.32 Å². The average Bonchev–Trinajstić information content (AvgIpc) is 2.70. The van der Waals surface area contributed by atoms with Crippen molar-refractivity contribution in [1.29, 1.82) is 0 Å². The zero-order valence-electron chi connectivity index (χ0n) is 8.03. The van der Waals surface area contributed by atoms with Crippen LogP contribution in [-0.4, -0.2) is 4.98 Å². The van der Waals surface area contributed by atoms with Crippen LogP contribution in [0.3, 0.4) is 0 Å². The number of rotatable bonds is 3. The van der Waals surface area contributed by atoms with E-state index >= 15 is 0 Å². The van der Waals surface area contributed by atoms with Crippen molar-refractivity contribution < 1.29 is 0 Å². The summed E-state index contributed by atoms with van der Waals surface area (Å²) in [7, 11) is 0. The largest absolute Gasteiger partial charge is 0.365 e. The molecule has 0 fully saturated rings. The SMILES string of the molecule is Cc1ccc(NCc2cccs2)nc1. The third kappa shape index (κ3) is 2.33. The topological polar surface area (TPSA) is 24.9 Å². The first kappa shape index (κ1) is 9.21. The van der Waals surface area contributed by atoms with Gasteiger partial charge in [0.2, 0.25) is 0 Å². The highest BCUT2D eigenvalue weighted by atomic mass is 32.1. The van der Waals surface area contributed by atoms with E-state index in [4.69, 9.17) is 0 Å². The summed E-state index contributed by atoms with van der Waals surface area (Å²) in [5.74, 6) is 0.934. The van der Waals surface area contributed by atoms with Crippen LogP contribution in [-0.2, 0) is 6.54 Å². The Morgan fingerprint density at radius 2 is 2.29 bits per heavy atom. The second kappa shape index (κ2) is 4.24. The molecule has 0 atom stereocenters. The van der Waals surface area contributed by atoms with Gasteiger partial charge in [0.15, 0.2) is 0 Å². The molecule has 0 radical (unpaired) electrons. The molecule has 2 nitrogen and oxygen atoms in total. The summed E-state index contributed by atoms with van der Waals surface area (Å²) in [5, 5.41) is 5.36. The predicted octanol–water partition coefficient (Wildman–Crippen LogP) is 3.06. The second-order valence-corrected chi connectivity index (χ2v) is 4.19. The van der Waals surface area contributed by atoms with Crippen molar-refractivity contribution in [2.45, 2.75) is 13.5 Å². The molecule has 1 N–H and O–H groups in total. The highest BCUT2D eigenvalue weighted by Gasteiger charge is 1.94. The first-order valence-corrected chi connectivity index (χ1v) is 5.41. The van der Waals surface area contributed by atoms with E-state index in [0.29, 0.717) is 0 Å². The number of thiophene rings is 1. The lowest BCUT2D eigenvalue weighted by atomic mass is 10.3. The van der Waals surface area contributed by atoms with Gasteiger partial charge in [-0.3, -0.25) is 0 Å². The maximum Gasteiger partial charge on any atom is 0.126 e. The molecule has 2 aromatic rings. The normalized spacial score (nSPS) is 10.1. The van der Waals surface area contributed by atoms with Crippen LogP contribution in [0.15, 0.2) is 35.8 Å². The zero-order valence-corrected chi connectivity index (χ0v) is 8.84. The van der Waals surface area contributed by atoms with Gasteiger partial charge in [-0.05, 0) is 30.0 Å². The quantitative estimate of drug-likeness (QED) is 0.831. The van der Waals surface area contributed by atoms with Crippen LogP contribution in [0.4, 0.5) is 5.82 Å². The molecule has 0 bridgehead atoms. The van der Waals surface area contributed by atoms with Crippen LogP contribution in [0.1, 0.15) is 10.4 Å². The molecule has 2 rings (SSSR count). The molecule has 2 aromatic heterocycles. The number of aromatic nitrogens is 1. The van der Waals surface area contributed by atoms with Gasteiger partial charge in [0.1, 0.15) is 5.82 Å². The Labute approximate surface area is 87.6 Å². The van der Waals surface area contributed by atoms with E-state index in [9.17, 15) is 0 Å². The molecule has 2 heterocycles. The number of aryl methyl sites for hydroxylation is 1. The maximum absolute atomic E-state index is 4.27. The van der Waals surface area contributed by atoms with Crippen molar-refractivity contribution in [3.63, 3.8) is 0 Å². The van der Waals surface area contributed by atoms with Gasteiger partial charge >= 0.3 is 0 Å². The fourth-order valence-electron chi connectivity index (χ4n) is 1.16. The molecule has 0 aliphatic rings. The molecule has 0 saturated carbocycles. The van der Waals surface area contributed by atoms with Gasteiger partial charge in [-0.2, -0.15) is 0 Å². The fraction of sp³-hybridized carbons (Fsp3) is 0.182. The molecular weight excluding hydrogens is 192 g/mol.